The fourth-order valence-electron chi connectivity index (χ4n) is 2.67. The number of rotatable bonds is 4. The van der Waals surface area contributed by atoms with Crippen LogP contribution in [0.15, 0.2) is 42.7 Å². The van der Waals surface area contributed by atoms with Crippen molar-refractivity contribution in [2.24, 2.45) is 0 Å². The highest BCUT2D eigenvalue weighted by Crippen LogP contribution is 2.28. The maximum Gasteiger partial charge on any atom is 0.303 e. The van der Waals surface area contributed by atoms with E-state index in [2.05, 4.69) is 28.2 Å². The number of benzene rings is 1. The number of nitrogens with zero attached hydrogens (tertiary/aromatic N) is 1. The molecule has 3 aromatic rings. The predicted molar refractivity (Wildman–Crippen MR) is 82.2 cm³/mol. The van der Waals surface area contributed by atoms with E-state index in [0.717, 1.165) is 33.3 Å². The Balaban J connectivity index is 2.02. The smallest absolute Gasteiger partial charge is 0.303 e. The van der Waals surface area contributed by atoms with Gasteiger partial charge in [0, 0.05) is 35.4 Å². The minimum absolute atomic E-state index is 0.153. The summed E-state index contributed by atoms with van der Waals surface area (Å²) in [5, 5.41) is 9.96. The largest absolute Gasteiger partial charge is 0.481 e. The zero-order valence-corrected chi connectivity index (χ0v) is 11.8. The molecule has 0 bridgehead atoms. The molecule has 0 fully saturated rings. The first-order valence-electron chi connectivity index (χ1n) is 6.88. The van der Waals surface area contributed by atoms with Crippen LogP contribution in [0.3, 0.4) is 0 Å². The summed E-state index contributed by atoms with van der Waals surface area (Å²) in [6, 6.07) is 10.2. The first-order valence-corrected chi connectivity index (χ1v) is 6.88. The number of aliphatic carboxylic acids is 1. The Hall–Kier alpha value is -2.62. The van der Waals surface area contributed by atoms with Crippen LogP contribution in [0, 0.1) is 6.92 Å². The molecule has 2 aromatic heterocycles. The summed E-state index contributed by atoms with van der Waals surface area (Å²) in [5.74, 6) is -0.767. The molecular formula is C17H16N2O2. The highest BCUT2D eigenvalue weighted by molar-refractivity contribution is 5.89. The number of aromatic amines is 1. The van der Waals surface area contributed by atoms with Crippen molar-refractivity contribution in [3.8, 4) is 11.1 Å². The van der Waals surface area contributed by atoms with E-state index in [0.29, 0.717) is 6.42 Å². The van der Waals surface area contributed by atoms with Gasteiger partial charge < -0.3 is 10.1 Å². The fourth-order valence-corrected chi connectivity index (χ4v) is 2.67. The molecule has 0 atom stereocenters. The maximum atomic E-state index is 10.8. The summed E-state index contributed by atoms with van der Waals surface area (Å²) < 4.78 is 0. The van der Waals surface area contributed by atoms with E-state index >= 15 is 0 Å². The first kappa shape index (κ1) is 13.4. The minimum atomic E-state index is -0.767. The average molecular weight is 280 g/mol. The molecule has 0 saturated heterocycles. The molecule has 0 aliphatic carbocycles. The zero-order valence-electron chi connectivity index (χ0n) is 11.8. The molecule has 4 heteroatoms. The highest BCUT2D eigenvalue weighted by Gasteiger charge is 2.11. The van der Waals surface area contributed by atoms with Gasteiger partial charge in [-0.05, 0) is 48.2 Å². The molecule has 4 nitrogen and oxygen atoms in total. The van der Waals surface area contributed by atoms with Crippen molar-refractivity contribution in [3.05, 3.63) is 54.0 Å². The van der Waals surface area contributed by atoms with Gasteiger partial charge in [-0.15, -0.1) is 0 Å². The lowest BCUT2D eigenvalue weighted by molar-refractivity contribution is -0.136. The number of H-pyrrole nitrogens is 1. The Labute approximate surface area is 122 Å². The van der Waals surface area contributed by atoms with Crippen molar-refractivity contribution in [1.29, 1.82) is 0 Å². The van der Waals surface area contributed by atoms with Gasteiger partial charge >= 0.3 is 5.97 Å². The van der Waals surface area contributed by atoms with Gasteiger partial charge in [0.1, 0.15) is 0 Å². The average Bonchev–Trinajstić information content (AvgIpc) is 2.80. The number of aromatic nitrogens is 2. The van der Waals surface area contributed by atoms with Crippen molar-refractivity contribution in [2.45, 2.75) is 19.8 Å². The quantitative estimate of drug-likeness (QED) is 0.768. The molecule has 0 unspecified atom stereocenters. The van der Waals surface area contributed by atoms with Crippen molar-refractivity contribution in [3.63, 3.8) is 0 Å². The van der Waals surface area contributed by atoms with Crippen LogP contribution < -0.4 is 0 Å². The Morgan fingerprint density at radius 1 is 1.19 bits per heavy atom. The highest BCUT2D eigenvalue weighted by atomic mass is 16.4. The lowest BCUT2D eigenvalue weighted by Crippen LogP contribution is -1.97. The second-order valence-electron chi connectivity index (χ2n) is 5.12. The molecule has 2 heterocycles. The van der Waals surface area contributed by atoms with Crippen LogP contribution in [-0.2, 0) is 11.2 Å². The molecule has 0 spiro atoms. The van der Waals surface area contributed by atoms with Gasteiger partial charge in [-0.25, -0.2) is 0 Å². The van der Waals surface area contributed by atoms with Gasteiger partial charge in [0.25, 0.3) is 0 Å². The van der Waals surface area contributed by atoms with Crippen molar-refractivity contribution < 1.29 is 9.90 Å². The molecule has 0 radical (unpaired) electrons. The number of hydrogen-bond donors (Lipinski definition) is 2. The second-order valence-corrected chi connectivity index (χ2v) is 5.12. The van der Waals surface area contributed by atoms with Gasteiger partial charge in [-0.2, -0.15) is 0 Å². The van der Waals surface area contributed by atoms with Crippen molar-refractivity contribution in [1.82, 2.24) is 9.97 Å². The number of carbonyl (C=O) groups is 1. The first-order chi connectivity index (χ1) is 10.1. The van der Waals surface area contributed by atoms with Crippen LogP contribution in [0.1, 0.15) is 17.7 Å². The lowest BCUT2D eigenvalue weighted by atomic mass is 10.0. The summed E-state index contributed by atoms with van der Waals surface area (Å²) in [7, 11) is 0. The summed E-state index contributed by atoms with van der Waals surface area (Å²) in [6.45, 7) is 1.99. The second kappa shape index (κ2) is 5.40. The molecule has 106 valence electrons. The molecule has 3 rings (SSSR count). The van der Waals surface area contributed by atoms with Crippen LogP contribution in [0.2, 0.25) is 0 Å². The molecule has 21 heavy (non-hydrogen) atoms. The van der Waals surface area contributed by atoms with E-state index < -0.39 is 5.97 Å². The van der Waals surface area contributed by atoms with Crippen LogP contribution >= 0.6 is 0 Å². The third-order valence-corrected chi connectivity index (χ3v) is 3.72. The third-order valence-electron chi connectivity index (χ3n) is 3.72. The van der Waals surface area contributed by atoms with E-state index in [9.17, 15) is 4.79 Å². The van der Waals surface area contributed by atoms with Gasteiger partial charge in [0.05, 0.1) is 0 Å². The standard InChI is InChI=1S/C17H16N2O2/c1-11-14(4-5-17(20)21)15-3-2-13(10-16(15)19-11)12-6-8-18-9-7-12/h2-3,6-10,19H,4-5H2,1H3,(H,20,21). The fraction of sp³-hybridized carbons (Fsp3) is 0.176. The van der Waals surface area contributed by atoms with E-state index in [-0.39, 0.29) is 6.42 Å². The SMILES string of the molecule is Cc1[nH]c2cc(-c3ccncc3)ccc2c1CCC(=O)O. The molecule has 0 saturated carbocycles. The molecular weight excluding hydrogens is 264 g/mol. The van der Waals surface area contributed by atoms with Gasteiger partial charge in [-0.3, -0.25) is 9.78 Å². The molecule has 0 aliphatic heterocycles. The number of aryl methyl sites for hydroxylation is 2. The summed E-state index contributed by atoms with van der Waals surface area (Å²) in [4.78, 5) is 18.1. The molecule has 0 amide bonds. The number of carboxylic acid groups (broad SMARTS) is 1. The number of hydrogen-bond acceptors (Lipinski definition) is 2. The third kappa shape index (κ3) is 2.65. The van der Waals surface area contributed by atoms with Crippen LogP contribution in [0.5, 0.6) is 0 Å². The number of carboxylic acids is 1. The number of nitrogens with one attached hydrogen (secondary N) is 1. The van der Waals surface area contributed by atoms with E-state index in [1.165, 1.54) is 0 Å². The topological polar surface area (TPSA) is 66.0 Å². The van der Waals surface area contributed by atoms with Gasteiger partial charge in [0.15, 0.2) is 0 Å². The molecule has 1 aromatic carbocycles. The Morgan fingerprint density at radius 3 is 2.67 bits per heavy atom. The summed E-state index contributed by atoms with van der Waals surface area (Å²) in [5.41, 5.74) is 5.41. The van der Waals surface area contributed by atoms with Gasteiger partial charge in [-0.1, -0.05) is 12.1 Å². The minimum Gasteiger partial charge on any atom is -0.481 e. The van der Waals surface area contributed by atoms with Crippen LogP contribution in [0.4, 0.5) is 0 Å². The molecule has 0 aliphatic rings. The summed E-state index contributed by atoms with van der Waals surface area (Å²) in [6.07, 6.45) is 4.26. The number of fused-ring (bicyclic) bond motifs is 1. The van der Waals surface area contributed by atoms with E-state index in [1.807, 2.05) is 19.1 Å². The normalized spacial score (nSPS) is 10.9. The predicted octanol–water partition coefficient (Wildman–Crippen LogP) is 3.56. The van der Waals surface area contributed by atoms with E-state index in [1.54, 1.807) is 12.4 Å². The van der Waals surface area contributed by atoms with Crippen LogP contribution in [0.25, 0.3) is 22.0 Å². The zero-order chi connectivity index (χ0) is 14.8. The summed E-state index contributed by atoms with van der Waals surface area (Å²) >= 11 is 0. The van der Waals surface area contributed by atoms with Crippen molar-refractivity contribution in [2.75, 3.05) is 0 Å². The van der Waals surface area contributed by atoms with E-state index in [4.69, 9.17) is 5.11 Å². The maximum absolute atomic E-state index is 10.8. The van der Waals surface area contributed by atoms with Crippen molar-refractivity contribution >= 4 is 16.9 Å². The number of pyridine rings is 1. The van der Waals surface area contributed by atoms with Crippen LogP contribution in [-0.4, -0.2) is 21.0 Å². The Morgan fingerprint density at radius 2 is 1.95 bits per heavy atom. The Kier molecular flexibility index (Phi) is 3.44. The Bertz CT molecular complexity index is 791. The molecule has 2 N–H and O–H groups in total. The monoisotopic (exact) mass is 280 g/mol. The van der Waals surface area contributed by atoms with Gasteiger partial charge in [0.2, 0.25) is 0 Å². The lowest BCUT2D eigenvalue weighted by Gasteiger charge is -2.02.